The van der Waals surface area contributed by atoms with Crippen molar-refractivity contribution in [3.63, 3.8) is 0 Å². The Morgan fingerprint density at radius 3 is 2.90 bits per heavy atom. The maximum atomic E-state index is 12.2. The lowest BCUT2D eigenvalue weighted by molar-refractivity contribution is -0.128. The van der Waals surface area contributed by atoms with Crippen LogP contribution in [0.25, 0.3) is 0 Å². The van der Waals surface area contributed by atoms with Gasteiger partial charge in [-0.2, -0.15) is 0 Å². The Balaban J connectivity index is 1.64. The molecule has 2 aromatic heterocycles. The fourth-order valence-electron chi connectivity index (χ4n) is 2.10. The van der Waals surface area contributed by atoms with Crippen molar-refractivity contribution in [1.82, 2.24) is 15.0 Å². The van der Waals surface area contributed by atoms with E-state index in [4.69, 9.17) is 4.74 Å². The van der Waals surface area contributed by atoms with Gasteiger partial charge >= 0.3 is 0 Å². The minimum atomic E-state index is -0.553. The monoisotopic (exact) mass is 285 g/mol. The van der Waals surface area contributed by atoms with Gasteiger partial charge in [-0.25, -0.2) is 9.97 Å². The Morgan fingerprint density at radius 2 is 2.14 bits per heavy atom. The first-order valence-electron chi connectivity index (χ1n) is 6.67. The lowest BCUT2D eigenvalue weighted by Crippen LogP contribution is -2.48. The first-order valence-corrected chi connectivity index (χ1v) is 6.67. The van der Waals surface area contributed by atoms with Crippen LogP contribution in [0.15, 0.2) is 43.0 Å². The molecule has 7 heteroatoms. The number of carbonyl (C=O) groups excluding carboxylic acids is 1. The predicted molar refractivity (Wildman–Crippen MR) is 76.9 cm³/mol. The Hall–Kier alpha value is -2.54. The number of amides is 1. The van der Waals surface area contributed by atoms with Crippen molar-refractivity contribution in [2.24, 2.45) is 0 Å². The van der Waals surface area contributed by atoms with Gasteiger partial charge in [-0.05, 0) is 18.2 Å². The molecule has 108 valence electrons. The summed E-state index contributed by atoms with van der Waals surface area (Å²) in [7, 11) is 0. The second-order valence-corrected chi connectivity index (χ2v) is 4.59. The molecule has 3 rings (SSSR count). The molecule has 7 nitrogen and oxygen atoms in total. The molecule has 2 aromatic rings. The van der Waals surface area contributed by atoms with E-state index in [9.17, 15) is 4.79 Å². The number of morpholine rings is 1. The average molecular weight is 285 g/mol. The molecule has 3 heterocycles. The van der Waals surface area contributed by atoms with Gasteiger partial charge in [0, 0.05) is 25.1 Å². The van der Waals surface area contributed by atoms with E-state index >= 15 is 0 Å². The molecule has 1 amide bonds. The summed E-state index contributed by atoms with van der Waals surface area (Å²) in [6.45, 7) is 1.56. The van der Waals surface area contributed by atoms with Crippen LogP contribution < -0.4 is 10.2 Å². The lowest BCUT2D eigenvalue weighted by Gasteiger charge is -2.32. The second-order valence-electron chi connectivity index (χ2n) is 4.59. The van der Waals surface area contributed by atoms with Crippen LogP contribution in [0.2, 0.25) is 0 Å². The third-order valence-corrected chi connectivity index (χ3v) is 3.12. The van der Waals surface area contributed by atoms with Crippen LogP contribution in [-0.4, -0.2) is 46.7 Å². The predicted octanol–water partition coefficient (Wildman–Crippen LogP) is 0.715. The SMILES string of the molecule is O=C(Nc1cccnc1)[C@H]1CN(c2ncccn2)CCO1. The minimum absolute atomic E-state index is 0.191. The van der Waals surface area contributed by atoms with E-state index in [1.54, 1.807) is 43.0 Å². The quantitative estimate of drug-likeness (QED) is 0.895. The third-order valence-electron chi connectivity index (χ3n) is 3.12. The number of aromatic nitrogens is 3. The molecule has 0 bridgehead atoms. The van der Waals surface area contributed by atoms with Crippen LogP contribution in [0.5, 0.6) is 0 Å². The van der Waals surface area contributed by atoms with E-state index < -0.39 is 6.10 Å². The summed E-state index contributed by atoms with van der Waals surface area (Å²) in [5.41, 5.74) is 0.652. The highest BCUT2D eigenvalue weighted by atomic mass is 16.5. The van der Waals surface area contributed by atoms with Gasteiger partial charge in [0.2, 0.25) is 5.95 Å². The Morgan fingerprint density at radius 1 is 1.29 bits per heavy atom. The van der Waals surface area contributed by atoms with Gasteiger partial charge in [-0.15, -0.1) is 0 Å². The summed E-state index contributed by atoms with van der Waals surface area (Å²) in [4.78, 5) is 26.5. The smallest absolute Gasteiger partial charge is 0.255 e. The molecule has 1 N–H and O–H groups in total. The molecule has 1 atom stereocenters. The standard InChI is InChI=1S/C14H15N5O2/c20-13(18-11-3-1-4-15-9-11)12-10-19(7-8-21-12)14-16-5-2-6-17-14/h1-6,9,12H,7-8,10H2,(H,18,20)/t12-/m1/s1. The van der Waals surface area contributed by atoms with Crippen molar-refractivity contribution < 1.29 is 9.53 Å². The van der Waals surface area contributed by atoms with Crippen molar-refractivity contribution in [3.05, 3.63) is 43.0 Å². The van der Waals surface area contributed by atoms with Gasteiger partial charge in [0.05, 0.1) is 25.0 Å². The molecule has 0 unspecified atom stereocenters. The third kappa shape index (κ3) is 3.32. The zero-order chi connectivity index (χ0) is 14.5. The van der Waals surface area contributed by atoms with Crippen LogP contribution >= 0.6 is 0 Å². The van der Waals surface area contributed by atoms with E-state index in [2.05, 4.69) is 20.3 Å². The number of rotatable bonds is 3. The molecule has 0 aromatic carbocycles. The fourth-order valence-corrected chi connectivity index (χ4v) is 2.10. The molecule has 0 radical (unpaired) electrons. The molecule has 21 heavy (non-hydrogen) atoms. The Kier molecular flexibility index (Phi) is 4.02. The molecule has 1 aliphatic heterocycles. The van der Waals surface area contributed by atoms with E-state index in [1.165, 1.54) is 0 Å². The summed E-state index contributed by atoms with van der Waals surface area (Å²) < 4.78 is 5.53. The van der Waals surface area contributed by atoms with Crippen LogP contribution in [0, 0.1) is 0 Å². The van der Waals surface area contributed by atoms with Gasteiger partial charge in [0.1, 0.15) is 0 Å². The first-order chi connectivity index (χ1) is 10.3. The zero-order valence-corrected chi connectivity index (χ0v) is 11.3. The minimum Gasteiger partial charge on any atom is -0.365 e. The summed E-state index contributed by atoms with van der Waals surface area (Å²) >= 11 is 0. The van der Waals surface area contributed by atoms with Gasteiger partial charge in [-0.1, -0.05) is 0 Å². The highest BCUT2D eigenvalue weighted by Crippen LogP contribution is 2.13. The number of pyridine rings is 1. The van der Waals surface area contributed by atoms with Crippen molar-refractivity contribution in [2.45, 2.75) is 6.10 Å². The van der Waals surface area contributed by atoms with Crippen molar-refractivity contribution in [2.75, 3.05) is 29.9 Å². The van der Waals surface area contributed by atoms with Crippen LogP contribution in [0.1, 0.15) is 0 Å². The molecule has 1 saturated heterocycles. The van der Waals surface area contributed by atoms with Gasteiger partial charge in [0.25, 0.3) is 5.91 Å². The first kappa shape index (κ1) is 13.4. The molecule has 0 spiro atoms. The number of anilines is 2. The summed E-state index contributed by atoms with van der Waals surface area (Å²) in [5, 5.41) is 2.79. The maximum absolute atomic E-state index is 12.2. The fraction of sp³-hybridized carbons (Fsp3) is 0.286. The second kappa shape index (κ2) is 6.27. The molecule has 0 saturated carbocycles. The topological polar surface area (TPSA) is 80.2 Å². The van der Waals surface area contributed by atoms with E-state index in [1.807, 2.05) is 4.90 Å². The summed E-state index contributed by atoms with van der Waals surface area (Å²) in [5.74, 6) is 0.420. The number of hydrogen-bond acceptors (Lipinski definition) is 6. The van der Waals surface area contributed by atoms with Crippen molar-refractivity contribution >= 4 is 17.5 Å². The van der Waals surface area contributed by atoms with Crippen LogP contribution in [0.3, 0.4) is 0 Å². The van der Waals surface area contributed by atoms with Gasteiger partial charge < -0.3 is 15.0 Å². The summed E-state index contributed by atoms with van der Waals surface area (Å²) in [6, 6.07) is 5.31. The van der Waals surface area contributed by atoms with Gasteiger partial charge in [-0.3, -0.25) is 9.78 Å². The number of carbonyl (C=O) groups is 1. The van der Waals surface area contributed by atoms with E-state index in [0.29, 0.717) is 31.3 Å². The van der Waals surface area contributed by atoms with Crippen molar-refractivity contribution in [1.29, 1.82) is 0 Å². The maximum Gasteiger partial charge on any atom is 0.255 e. The lowest BCUT2D eigenvalue weighted by atomic mass is 10.2. The highest BCUT2D eigenvalue weighted by Gasteiger charge is 2.27. The Labute approximate surface area is 122 Å². The van der Waals surface area contributed by atoms with Gasteiger partial charge in [0.15, 0.2) is 6.10 Å². The van der Waals surface area contributed by atoms with E-state index in [0.717, 1.165) is 0 Å². The molecular weight excluding hydrogens is 270 g/mol. The van der Waals surface area contributed by atoms with E-state index in [-0.39, 0.29) is 5.91 Å². The highest BCUT2D eigenvalue weighted by molar-refractivity contribution is 5.94. The number of ether oxygens (including phenoxy) is 1. The normalized spacial score (nSPS) is 18.3. The number of hydrogen-bond donors (Lipinski definition) is 1. The van der Waals surface area contributed by atoms with Crippen LogP contribution in [-0.2, 0) is 9.53 Å². The number of nitrogens with zero attached hydrogens (tertiary/aromatic N) is 4. The van der Waals surface area contributed by atoms with Crippen molar-refractivity contribution in [3.8, 4) is 0 Å². The molecule has 1 aliphatic rings. The Bertz CT molecular complexity index is 593. The average Bonchev–Trinajstić information content (AvgIpc) is 2.57. The molecule has 1 fully saturated rings. The largest absolute Gasteiger partial charge is 0.365 e. The molecular formula is C14H15N5O2. The molecule has 0 aliphatic carbocycles. The zero-order valence-electron chi connectivity index (χ0n) is 11.3. The number of nitrogens with one attached hydrogen (secondary N) is 1. The summed E-state index contributed by atoms with van der Waals surface area (Å²) in [6.07, 6.45) is 6.06. The van der Waals surface area contributed by atoms with Crippen LogP contribution in [0.4, 0.5) is 11.6 Å².